The highest BCUT2D eigenvalue weighted by Crippen LogP contribution is 2.05. The van der Waals surface area contributed by atoms with E-state index < -0.39 is 0 Å². The molecule has 0 saturated heterocycles. The maximum absolute atomic E-state index is 11.8. The highest BCUT2D eigenvalue weighted by molar-refractivity contribution is 5.78. The van der Waals surface area contributed by atoms with Crippen molar-refractivity contribution in [2.24, 2.45) is 0 Å². The molecule has 0 aromatic heterocycles. The molecule has 2 amide bonds. The van der Waals surface area contributed by atoms with E-state index in [0.717, 1.165) is 31.1 Å². The second-order valence-electron chi connectivity index (χ2n) is 5.46. The van der Waals surface area contributed by atoms with E-state index in [4.69, 9.17) is 0 Å². The zero-order valence-electron chi connectivity index (χ0n) is 13.8. The lowest BCUT2D eigenvalue weighted by Crippen LogP contribution is -2.28. The van der Waals surface area contributed by atoms with Crippen molar-refractivity contribution in [2.45, 2.75) is 45.4 Å². The summed E-state index contributed by atoms with van der Waals surface area (Å²) in [5.41, 5.74) is 2.28. The van der Waals surface area contributed by atoms with Gasteiger partial charge in [-0.25, -0.2) is 0 Å². The molecule has 1 aromatic rings. The van der Waals surface area contributed by atoms with E-state index >= 15 is 0 Å². The molecule has 23 heavy (non-hydrogen) atoms. The van der Waals surface area contributed by atoms with Crippen LogP contribution in [0.2, 0.25) is 0 Å². The number of carbonyl (C=O) groups excluding carboxylic acids is 3. The van der Waals surface area contributed by atoms with Gasteiger partial charge in [0.05, 0.1) is 6.42 Å². The normalized spacial score (nSPS) is 10.1. The fourth-order valence-electron chi connectivity index (χ4n) is 2.12. The van der Waals surface area contributed by atoms with E-state index in [1.807, 2.05) is 12.1 Å². The lowest BCUT2D eigenvalue weighted by Gasteiger charge is -2.07. The molecule has 1 rings (SSSR count). The average molecular weight is 318 g/mol. The number of amides is 2. The van der Waals surface area contributed by atoms with E-state index in [-0.39, 0.29) is 24.7 Å². The molecule has 5 heteroatoms. The molecule has 1 aromatic carbocycles. The summed E-state index contributed by atoms with van der Waals surface area (Å²) in [6, 6.07) is 8.09. The van der Waals surface area contributed by atoms with Crippen LogP contribution in [0.5, 0.6) is 0 Å². The van der Waals surface area contributed by atoms with Crippen LogP contribution in [0.1, 0.15) is 43.7 Å². The van der Waals surface area contributed by atoms with Crippen molar-refractivity contribution in [3.8, 4) is 0 Å². The van der Waals surface area contributed by atoms with Crippen LogP contribution < -0.4 is 10.6 Å². The molecule has 0 spiro atoms. The van der Waals surface area contributed by atoms with Crippen molar-refractivity contribution in [1.29, 1.82) is 0 Å². The molecule has 0 heterocycles. The molecule has 126 valence electrons. The van der Waals surface area contributed by atoms with Crippen LogP contribution in [-0.4, -0.2) is 31.2 Å². The summed E-state index contributed by atoms with van der Waals surface area (Å²) < 4.78 is 0. The Balaban J connectivity index is 2.07. The Morgan fingerprint density at radius 2 is 1.52 bits per heavy atom. The van der Waals surface area contributed by atoms with E-state index in [0.29, 0.717) is 19.5 Å². The highest BCUT2D eigenvalue weighted by Gasteiger charge is 2.03. The lowest BCUT2D eigenvalue weighted by atomic mass is 10.1. The summed E-state index contributed by atoms with van der Waals surface area (Å²) in [7, 11) is 0. The van der Waals surface area contributed by atoms with Gasteiger partial charge in [0.1, 0.15) is 6.29 Å². The fourth-order valence-corrected chi connectivity index (χ4v) is 2.12. The number of aryl methyl sites for hydroxylation is 1. The Bertz CT molecular complexity index is 497. The standard InChI is InChI=1S/C18H26N2O3/c1-2-15-7-9-16(10-8-15)14-18(23)20-12-4-3-11-19-17(22)6-5-13-21/h7-10,13H,2-6,11-12,14H2,1H3,(H,19,22)(H,20,23). The van der Waals surface area contributed by atoms with Crippen LogP contribution in [0.3, 0.4) is 0 Å². The monoisotopic (exact) mass is 318 g/mol. The van der Waals surface area contributed by atoms with Crippen LogP contribution in [0.15, 0.2) is 24.3 Å². The summed E-state index contributed by atoms with van der Waals surface area (Å²) in [5, 5.41) is 5.63. The maximum atomic E-state index is 11.8. The molecule has 0 aliphatic rings. The molecule has 0 aliphatic carbocycles. The molecule has 0 unspecified atom stereocenters. The summed E-state index contributed by atoms with van der Waals surface area (Å²) in [5.74, 6) is -0.0825. The SMILES string of the molecule is CCc1ccc(CC(=O)NCCCCNC(=O)CCC=O)cc1. The van der Waals surface area contributed by atoms with Gasteiger partial charge in [-0.05, 0) is 30.4 Å². The molecular formula is C18H26N2O3. The molecule has 0 aliphatic heterocycles. The van der Waals surface area contributed by atoms with E-state index in [1.165, 1.54) is 5.56 Å². The minimum absolute atomic E-state index is 0.0178. The van der Waals surface area contributed by atoms with Crippen LogP contribution in [0.25, 0.3) is 0 Å². The second kappa shape index (κ2) is 11.4. The quantitative estimate of drug-likeness (QED) is 0.482. The van der Waals surface area contributed by atoms with E-state index in [2.05, 4.69) is 29.7 Å². The number of nitrogens with one attached hydrogen (secondary N) is 2. The summed E-state index contributed by atoms with van der Waals surface area (Å²) >= 11 is 0. The van der Waals surface area contributed by atoms with Crippen molar-refractivity contribution in [3.05, 3.63) is 35.4 Å². The molecule has 5 nitrogen and oxygen atoms in total. The number of rotatable bonds is 11. The van der Waals surface area contributed by atoms with E-state index in [1.54, 1.807) is 0 Å². The number of unbranched alkanes of at least 4 members (excludes halogenated alkanes) is 1. The van der Waals surface area contributed by atoms with Crippen molar-refractivity contribution in [2.75, 3.05) is 13.1 Å². The summed E-state index contributed by atoms with van der Waals surface area (Å²) in [6.07, 6.45) is 4.26. The maximum Gasteiger partial charge on any atom is 0.224 e. The van der Waals surface area contributed by atoms with Crippen molar-refractivity contribution < 1.29 is 14.4 Å². The number of carbonyl (C=O) groups is 3. The van der Waals surface area contributed by atoms with Gasteiger partial charge in [0.15, 0.2) is 0 Å². The van der Waals surface area contributed by atoms with Gasteiger partial charge < -0.3 is 15.4 Å². The fraction of sp³-hybridized carbons (Fsp3) is 0.500. The van der Waals surface area contributed by atoms with Crippen LogP contribution in [0.4, 0.5) is 0 Å². The molecule has 0 radical (unpaired) electrons. The predicted octanol–water partition coefficient (Wildman–Crippen LogP) is 1.78. The zero-order chi connectivity index (χ0) is 16.9. The largest absolute Gasteiger partial charge is 0.356 e. The highest BCUT2D eigenvalue weighted by atomic mass is 16.2. The number of hydrogen-bond acceptors (Lipinski definition) is 3. The van der Waals surface area contributed by atoms with Gasteiger partial charge in [-0.2, -0.15) is 0 Å². The Morgan fingerprint density at radius 1 is 0.957 bits per heavy atom. The smallest absolute Gasteiger partial charge is 0.224 e. The minimum Gasteiger partial charge on any atom is -0.356 e. The predicted molar refractivity (Wildman–Crippen MR) is 90.1 cm³/mol. The minimum atomic E-state index is -0.100. The first-order valence-corrected chi connectivity index (χ1v) is 8.20. The lowest BCUT2D eigenvalue weighted by molar-refractivity contribution is -0.122. The van der Waals surface area contributed by atoms with Gasteiger partial charge in [0, 0.05) is 25.9 Å². The third-order valence-electron chi connectivity index (χ3n) is 3.53. The second-order valence-corrected chi connectivity index (χ2v) is 5.46. The first kappa shape index (κ1) is 18.9. The summed E-state index contributed by atoms with van der Waals surface area (Å²) in [4.78, 5) is 33.2. The molecule has 0 fully saturated rings. The van der Waals surface area contributed by atoms with Gasteiger partial charge in [-0.3, -0.25) is 9.59 Å². The van der Waals surface area contributed by atoms with Crippen molar-refractivity contribution in [1.82, 2.24) is 10.6 Å². The van der Waals surface area contributed by atoms with Crippen molar-refractivity contribution in [3.63, 3.8) is 0 Å². The van der Waals surface area contributed by atoms with Gasteiger partial charge in [-0.1, -0.05) is 31.2 Å². The van der Waals surface area contributed by atoms with Gasteiger partial charge in [-0.15, -0.1) is 0 Å². The van der Waals surface area contributed by atoms with Crippen LogP contribution in [-0.2, 0) is 27.2 Å². The number of aldehydes is 1. The Kier molecular flexibility index (Phi) is 9.36. The van der Waals surface area contributed by atoms with Gasteiger partial charge in [0.25, 0.3) is 0 Å². The first-order chi connectivity index (χ1) is 11.2. The summed E-state index contributed by atoms with van der Waals surface area (Å²) in [6.45, 7) is 3.29. The van der Waals surface area contributed by atoms with Crippen LogP contribution in [0, 0.1) is 0 Å². The van der Waals surface area contributed by atoms with Crippen molar-refractivity contribution >= 4 is 18.1 Å². The Hall–Kier alpha value is -2.17. The molecular weight excluding hydrogens is 292 g/mol. The zero-order valence-corrected chi connectivity index (χ0v) is 13.8. The van der Waals surface area contributed by atoms with Gasteiger partial charge >= 0.3 is 0 Å². The topological polar surface area (TPSA) is 75.3 Å². The molecule has 0 bridgehead atoms. The Morgan fingerprint density at radius 3 is 2.09 bits per heavy atom. The number of benzene rings is 1. The molecule has 2 N–H and O–H groups in total. The first-order valence-electron chi connectivity index (χ1n) is 8.20. The van der Waals surface area contributed by atoms with Gasteiger partial charge in [0.2, 0.25) is 11.8 Å². The van der Waals surface area contributed by atoms with E-state index in [9.17, 15) is 14.4 Å². The molecule has 0 atom stereocenters. The molecule has 0 saturated carbocycles. The third-order valence-corrected chi connectivity index (χ3v) is 3.53. The average Bonchev–Trinajstić information content (AvgIpc) is 2.56. The number of hydrogen-bond donors (Lipinski definition) is 2. The third kappa shape index (κ3) is 8.76. The van der Waals surface area contributed by atoms with Crippen LogP contribution >= 0.6 is 0 Å². The Labute approximate surface area is 137 Å².